The molecule has 3 fully saturated rings. The smallest absolute Gasteiger partial charge is 0.262 e. The third-order valence-electron chi connectivity index (χ3n) is 4.51. The van der Waals surface area contributed by atoms with Gasteiger partial charge in [-0.1, -0.05) is 0 Å². The van der Waals surface area contributed by atoms with Crippen LogP contribution < -0.4 is 10.6 Å². The molecular weight excluding hydrogens is 316 g/mol. The average molecular weight is 338 g/mol. The molecule has 0 bridgehead atoms. The van der Waals surface area contributed by atoms with E-state index in [9.17, 15) is 18.4 Å². The molecule has 0 aromatic heterocycles. The predicted molar refractivity (Wildman–Crippen MR) is 79.1 cm³/mol. The summed E-state index contributed by atoms with van der Waals surface area (Å²) in [4.78, 5) is 25.5. The highest BCUT2D eigenvalue weighted by atomic mass is 35.5. The Morgan fingerprint density at radius 1 is 1.14 bits per heavy atom. The van der Waals surface area contributed by atoms with Crippen LogP contribution in [0.1, 0.15) is 32.1 Å². The summed E-state index contributed by atoms with van der Waals surface area (Å²) in [6.45, 7) is 0.633. The van der Waals surface area contributed by atoms with Crippen LogP contribution in [0.25, 0.3) is 0 Å². The molecule has 3 rings (SSSR count). The third-order valence-corrected chi connectivity index (χ3v) is 4.51. The minimum Gasteiger partial charge on any atom is -0.353 e. The van der Waals surface area contributed by atoms with Gasteiger partial charge in [0.25, 0.3) is 5.92 Å². The first kappa shape index (κ1) is 17.4. The molecule has 2 heterocycles. The zero-order chi connectivity index (χ0) is 15.0. The highest BCUT2D eigenvalue weighted by Crippen LogP contribution is 2.29. The van der Waals surface area contributed by atoms with Gasteiger partial charge in [-0.2, -0.15) is 0 Å². The van der Waals surface area contributed by atoms with Gasteiger partial charge in [-0.05, 0) is 25.7 Å². The second-order valence-electron chi connectivity index (χ2n) is 6.38. The van der Waals surface area contributed by atoms with Crippen molar-refractivity contribution in [3.63, 3.8) is 0 Å². The Morgan fingerprint density at radius 2 is 1.77 bits per heavy atom. The molecule has 3 aliphatic rings. The first-order chi connectivity index (χ1) is 9.94. The fraction of sp³-hybridized carbons (Fsp3) is 0.857. The van der Waals surface area contributed by atoms with Crippen LogP contribution in [0, 0.1) is 5.92 Å². The van der Waals surface area contributed by atoms with Crippen molar-refractivity contribution in [1.29, 1.82) is 0 Å². The maximum absolute atomic E-state index is 13.1. The van der Waals surface area contributed by atoms with Gasteiger partial charge in [0.05, 0.1) is 12.6 Å². The molecular formula is C14H22ClF2N3O2. The number of rotatable bonds is 3. The summed E-state index contributed by atoms with van der Waals surface area (Å²) < 4.78 is 26.3. The number of carbonyl (C=O) groups excluding carboxylic acids is 2. The second-order valence-corrected chi connectivity index (χ2v) is 6.38. The van der Waals surface area contributed by atoms with Gasteiger partial charge in [-0.25, -0.2) is 8.78 Å². The molecule has 126 valence electrons. The number of hydrogen-bond acceptors (Lipinski definition) is 3. The fourth-order valence-electron chi connectivity index (χ4n) is 3.02. The maximum Gasteiger partial charge on any atom is 0.262 e. The third kappa shape index (κ3) is 4.07. The maximum atomic E-state index is 13.1. The van der Waals surface area contributed by atoms with Crippen molar-refractivity contribution in [1.82, 2.24) is 15.5 Å². The number of nitrogens with zero attached hydrogens (tertiary/aromatic N) is 1. The van der Waals surface area contributed by atoms with Crippen LogP contribution in [-0.4, -0.2) is 54.4 Å². The van der Waals surface area contributed by atoms with Crippen molar-refractivity contribution in [2.45, 2.75) is 50.1 Å². The van der Waals surface area contributed by atoms with Crippen molar-refractivity contribution in [3.8, 4) is 0 Å². The van der Waals surface area contributed by atoms with E-state index in [2.05, 4.69) is 10.6 Å². The number of carbonyl (C=O) groups is 2. The van der Waals surface area contributed by atoms with Gasteiger partial charge in [-0.3, -0.25) is 14.9 Å². The summed E-state index contributed by atoms with van der Waals surface area (Å²) in [6, 6.07) is -0.655. The molecule has 8 heteroatoms. The molecule has 2 aliphatic heterocycles. The Hall–Kier alpha value is -0.950. The van der Waals surface area contributed by atoms with Gasteiger partial charge >= 0.3 is 0 Å². The second kappa shape index (κ2) is 6.66. The van der Waals surface area contributed by atoms with Crippen LogP contribution in [0.2, 0.25) is 0 Å². The van der Waals surface area contributed by atoms with Gasteiger partial charge in [0.1, 0.15) is 0 Å². The van der Waals surface area contributed by atoms with Crippen molar-refractivity contribution >= 4 is 24.2 Å². The number of likely N-dealkylation sites (tertiary alicyclic amines) is 1. The monoisotopic (exact) mass is 337 g/mol. The highest BCUT2D eigenvalue weighted by Gasteiger charge is 2.44. The van der Waals surface area contributed by atoms with E-state index in [0.717, 1.165) is 12.8 Å². The van der Waals surface area contributed by atoms with Crippen molar-refractivity contribution in [3.05, 3.63) is 0 Å². The van der Waals surface area contributed by atoms with E-state index in [1.807, 2.05) is 0 Å². The molecule has 1 unspecified atom stereocenters. The number of hydrogen-bond donors (Lipinski definition) is 2. The van der Waals surface area contributed by atoms with Gasteiger partial charge in [-0.15, -0.1) is 12.4 Å². The van der Waals surface area contributed by atoms with Crippen LogP contribution in [0.4, 0.5) is 8.78 Å². The number of amides is 2. The molecule has 2 amide bonds. The molecule has 0 spiro atoms. The SMILES string of the molecule is Cl.O=C(NC1CCN(C(=O)C2CC(F)(F)CN2)CC1)C1CC1. The molecule has 5 nitrogen and oxygen atoms in total. The lowest BCUT2D eigenvalue weighted by atomic mass is 10.0. The quantitative estimate of drug-likeness (QED) is 0.805. The van der Waals surface area contributed by atoms with Crippen LogP contribution in [0.3, 0.4) is 0 Å². The molecule has 22 heavy (non-hydrogen) atoms. The first-order valence-electron chi connectivity index (χ1n) is 7.65. The molecule has 1 aliphatic carbocycles. The number of alkyl halides is 2. The van der Waals surface area contributed by atoms with E-state index in [-0.39, 0.29) is 36.2 Å². The topological polar surface area (TPSA) is 61.4 Å². The van der Waals surface area contributed by atoms with Gasteiger partial charge in [0, 0.05) is 31.5 Å². The summed E-state index contributed by atoms with van der Waals surface area (Å²) in [7, 11) is 0. The summed E-state index contributed by atoms with van der Waals surface area (Å²) in [5, 5.41) is 5.61. The van der Waals surface area contributed by atoms with E-state index >= 15 is 0 Å². The van der Waals surface area contributed by atoms with Crippen LogP contribution in [0.15, 0.2) is 0 Å². The Labute approximate surface area is 134 Å². The summed E-state index contributed by atoms with van der Waals surface area (Å²) in [6.07, 6.45) is 2.94. The normalized spacial score (nSPS) is 28.1. The molecule has 1 saturated carbocycles. The largest absolute Gasteiger partial charge is 0.353 e. The fourth-order valence-corrected chi connectivity index (χ4v) is 3.02. The van der Waals surface area contributed by atoms with Crippen molar-refractivity contribution in [2.75, 3.05) is 19.6 Å². The average Bonchev–Trinajstić information content (AvgIpc) is 3.23. The summed E-state index contributed by atoms with van der Waals surface area (Å²) in [5.74, 6) is -2.71. The molecule has 2 saturated heterocycles. The van der Waals surface area contributed by atoms with Gasteiger partial charge in [0.15, 0.2) is 0 Å². The molecule has 2 N–H and O–H groups in total. The lowest BCUT2D eigenvalue weighted by molar-refractivity contribution is -0.135. The van der Waals surface area contributed by atoms with Crippen molar-refractivity contribution in [2.24, 2.45) is 5.92 Å². The van der Waals surface area contributed by atoms with Gasteiger partial charge in [0.2, 0.25) is 11.8 Å². The van der Waals surface area contributed by atoms with E-state index in [1.165, 1.54) is 0 Å². The standard InChI is InChI=1S/C14H21F2N3O2.ClH/c15-14(16)7-11(17-8-14)13(21)19-5-3-10(4-6-19)18-12(20)9-1-2-9;/h9-11,17H,1-8H2,(H,18,20);1H. The molecule has 0 aromatic carbocycles. The summed E-state index contributed by atoms with van der Waals surface area (Å²) >= 11 is 0. The lowest BCUT2D eigenvalue weighted by Gasteiger charge is -2.33. The lowest BCUT2D eigenvalue weighted by Crippen LogP contribution is -2.51. The Morgan fingerprint density at radius 3 is 2.27 bits per heavy atom. The Kier molecular flexibility index (Phi) is 5.27. The molecule has 0 radical (unpaired) electrons. The van der Waals surface area contributed by atoms with Crippen LogP contribution >= 0.6 is 12.4 Å². The van der Waals surface area contributed by atoms with E-state index < -0.39 is 24.9 Å². The van der Waals surface area contributed by atoms with Crippen LogP contribution in [-0.2, 0) is 9.59 Å². The molecule has 0 aromatic rings. The zero-order valence-corrected chi connectivity index (χ0v) is 13.1. The Balaban J connectivity index is 0.00000176. The molecule has 1 atom stereocenters. The van der Waals surface area contributed by atoms with Gasteiger partial charge < -0.3 is 10.2 Å². The minimum atomic E-state index is -2.78. The Bertz CT molecular complexity index is 438. The van der Waals surface area contributed by atoms with E-state index in [4.69, 9.17) is 0 Å². The summed E-state index contributed by atoms with van der Waals surface area (Å²) in [5.41, 5.74) is 0. The van der Waals surface area contributed by atoms with Crippen LogP contribution in [0.5, 0.6) is 0 Å². The van der Waals surface area contributed by atoms with Crippen molar-refractivity contribution < 1.29 is 18.4 Å². The minimum absolute atomic E-state index is 0. The predicted octanol–water partition coefficient (Wildman–Crippen LogP) is 0.923. The van der Waals surface area contributed by atoms with E-state index in [1.54, 1.807) is 4.90 Å². The first-order valence-corrected chi connectivity index (χ1v) is 7.65. The zero-order valence-electron chi connectivity index (χ0n) is 12.3. The van der Waals surface area contributed by atoms with E-state index in [0.29, 0.717) is 25.9 Å². The number of piperidine rings is 1. The number of halogens is 3. The number of nitrogens with one attached hydrogen (secondary N) is 2. The highest BCUT2D eigenvalue weighted by molar-refractivity contribution is 5.85.